The van der Waals surface area contributed by atoms with Crippen LogP contribution in [0.4, 0.5) is 0 Å². The van der Waals surface area contributed by atoms with E-state index in [1.165, 1.54) is 64.2 Å². The smallest absolute Gasteiger partial charge is 0.309 e. The first-order valence-corrected chi connectivity index (χ1v) is 14.4. The minimum absolute atomic E-state index is 0.0992. The van der Waals surface area contributed by atoms with Crippen LogP contribution in [0.2, 0.25) is 0 Å². The normalized spacial score (nSPS) is 11.8. The second-order valence-electron chi connectivity index (χ2n) is 10.3. The van der Waals surface area contributed by atoms with E-state index in [0.717, 1.165) is 38.5 Å². The van der Waals surface area contributed by atoms with E-state index in [9.17, 15) is 19.5 Å². The van der Waals surface area contributed by atoms with Crippen LogP contribution in [0, 0.1) is 0 Å². The zero-order valence-corrected chi connectivity index (χ0v) is 22.9. The minimum Gasteiger partial charge on any atom is -0.550 e. The Balaban J connectivity index is 4.03. The maximum Gasteiger partial charge on any atom is 0.309 e. The summed E-state index contributed by atoms with van der Waals surface area (Å²) < 4.78 is 0.216. The number of rotatable bonds is 27. The lowest BCUT2D eigenvalue weighted by Crippen LogP contribution is -2.53. The number of carboxylic acids is 3. The van der Waals surface area contributed by atoms with Crippen molar-refractivity contribution in [1.82, 2.24) is 0 Å². The van der Waals surface area contributed by atoms with E-state index in [0.29, 0.717) is 6.54 Å². The van der Waals surface area contributed by atoms with Gasteiger partial charge in [0.2, 0.25) is 0 Å². The lowest BCUT2D eigenvalue weighted by atomic mass is 10.1. The van der Waals surface area contributed by atoms with Crippen molar-refractivity contribution in [2.45, 2.75) is 129 Å². The predicted octanol–water partition coefficient (Wildman–Crippen LogP) is 5.71. The topological polar surface area (TPSA) is 115 Å². The van der Waals surface area contributed by atoms with Gasteiger partial charge >= 0.3 is 11.9 Å². The van der Waals surface area contributed by atoms with E-state index in [-0.39, 0.29) is 43.4 Å². The molecule has 2 N–H and O–H groups in total. The first kappa shape index (κ1) is 34.1. The summed E-state index contributed by atoms with van der Waals surface area (Å²) in [5.74, 6) is -3.09. The average Bonchev–Trinajstić information content (AvgIpc) is 2.83. The number of nitrogens with zero attached hydrogens (tertiary/aromatic N) is 1. The maximum absolute atomic E-state index is 11.1. The summed E-state index contributed by atoms with van der Waals surface area (Å²) in [6.07, 6.45) is 23.9. The van der Waals surface area contributed by atoms with Gasteiger partial charge in [0.25, 0.3) is 0 Å². The third kappa shape index (κ3) is 22.6. The monoisotopic (exact) mass is 511 g/mol. The summed E-state index contributed by atoms with van der Waals surface area (Å²) in [6.45, 7) is 3.57. The third-order valence-corrected chi connectivity index (χ3v) is 7.03. The largest absolute Gasteiger partial charge is 0.550 e. The van der Waals surface area contributed by atoms with Crippen LogP contribution in [-0.4, -0.2) is 58.8 Å². The van der Waals surface area contributed by atoms with Crippen LogP contribution in [0.25, 0.3) is 0 Å². The van der Waals surface area contributed by atoms with Crippen LogP contribution in [0.5, 0.6) is 0 Å². The van der Waals surface area contributed by atoms with Gasteiger partial charge in [-0.1, -0.05) is 83.3 Å². The molecule has 7 nitrogen and oxygen atoms in total. The molecular formula is C29H53NO6. The summed E-state index contributed by atoms with van der Waals surface area (Å²) in [4.78, 5) is 33.2. The SMILES string of the molecule is CCCCCCCCCCC/C=C/CCCCCCC[N+](CCC(=O)[O-])(CCC(=O)O)CCC(=O)O. The molecule has 0 saturated carbocycles. The van der Waals surface area contributed by atoms with Crippen LogP contribution < -0.4 is 5.11 Å². The van der Waals surface area contributed by atoms with Crippen molar-refractivity contribution in [2.24, 2.45) is 0 Å². The Labute approximate surface area is 219 Å². The van der Waals surface area contributed by atoms with Crippen molar-refractivity contribution in [1.29, 1.82) is 0 Å². The average molecular weight is 512 g/mol. The fourth-order valence-electron chi connectivity index (χ4n) is 4.71. The standard InChI is InChI=1S/C29H53NO6/c1-2-3-4-5-6-7-8-9-10-11-12-13-14-15-16-17-18-19-23-30(24-20-27(31)32,25-21-28(33)34)26-22-29(35)36/h12-13H,2-11,14-26H2,1H3,(H2-,31,32,33,34,35,36)/b13-12+. The van der Waals surface area contributed by atoms with E-state index in [4.69, 9.17) is 10.2 Å². The van der Waals surface area contributed by atoms with Gasteiger partial charge in [0.05, 0.1) is 39.0 Å². The number of carbonyl (C=O) groups excluding carboxylic acids is 1. The van der Waals surface area contributed by atoms with Crippen molar-refractivity contribution < 1.29 is 34.2 Å². The zero-order valence-electron chi connectivity index (χ0n) is 22.9. The van der Waals surface area contributed by atoms with E-state index in [2.05, 4.69) is 19.1 Å². The summed E-state index contributed by atoms with van der Waals surface area (Å²) in [7, 11) is 0. The van der Waals surface area contributed by atoms with Gasteiger partial charge < -0.3 is 24.6 Å². The van der Waals surface area contributed by atoms with Crippen LogP contribution in [0.1, 0.15) is 129 Å². The molecule has 0 aromatic carbocycles. The fourth-order valence-corrected chi connectivity index (χ4v) is 4.71. The molecule has 7 heteroatoms. The van der Waals surface area contributed by atoms with Gasteiger partial charge in [0, 0.05) is 12.4 Å². The molecule has 0 aliphatic carbocycles. The molecule has 0 rings (SSSR count). The molecule has 36 heavy (non-hydrogen) atoms. The van der Waals surface area contributed by atoms with Gasteiger partial charge in [-0.2, -0.15) is 0 Å². The lowest BCUT2D eigenvalue weighted by Gasteiger charge is -2.38. The van der Waals surface area contributed by atoms with Gasteiger partial charge in [-0.05, 0) is 38.5 Å². The van der Waals surface area contributed by atoms with Crippen molar-refractivity contribution in [3.8, 4) is 0 Å². The molecule has 0 spiro atoms. The Morgan fingerprint density at radius 1 is 0.583 bits per heavy atom. The van der Waals surface area contributed by atoms with Crippen LogP contribution in [0.15, 0.2) is 12.2 Å². The number of carbonyl (C=O) groups is 3. The Hall–Kier alpha value is -1.89. The number of quaternary nitrogens is 1. The third-order valence-electron chi connectivity index (χ3n) is 7.03. The zero-order chi connectivity index (χ0) is 26.9. The molecule has 210 valence electrons. The molecule has 0 saturated heterocycles. The Morgan fingerprint density at radius 3 is 1.39 bits per heavy atom. The molecule has 0 fully saturated rings. The Morgan fingerprint density at radius 2 is 0.972 bits per heavy atom. The first-order chi connectivity index (χ1) is 17.3. The minimum atomic E-state index is -1.19. The number of aliphatic carboxylic acids is 3. The second-order valence-corrected chi connectivity index (χ2v) is 10.3. The van der Waals surface area contributed by atoms with Crippen molar-refractivity contribution >= 4 is 17.9 Å². The summed E-state index contributed by atoms with van der Waals surface area (Å²) in [5.41, 5.74) is 0. The number of allylic oxidation sites excluding steroid dienone is 2. The molecule has 0 bridgehead atoms. The highest BCUT2D eigenvalue weighted by Crippen LogP contribution is 2.16. The van der Waals surface area contributed by atoms with Gasteiger partial charge in [0.15, 0.2) is 0 Å². The highest BCUT2D eigenvalue weighted by atomic mass is 16.4. The molecule has 0 amide bonds. The first-order valence-electron chi connectivity index (χ1n) is 14.4. The van der Waals surface area contributed by atoms with Gasteiger partial charge in [-0.15, -0.1) is 0 Å². The summed E-state index contributed by atoms with van der Waals surface area (Å²) >= 11 is 0. The van der Waals surface area contributed by atoms with E-state index < -0.39 is 17.9 Å². The molecule has 0 aromatic rings. The maximum atomic E-state index is 11.1. The lowest BCUT2D eigenvalue weighted by molar-refractivity contribution is -0.927. The number of hydrogen-bond donors (Lipinski definition) is 2. The predicted molar refractivity (Wildman–Crippen MR) is 143 cm³/mol. The molecule has 0 heterocycles. The highest BCUT2D eigenvalue weighted by Gasteiger charge is 2.28. The van der Waals surface area contributed by atoms with Gasteiger partial charge in [-0.3, -0.25) is 9.59 Å². The highest BCUT2D eigenvalue weighted by molar-refractivity contribution is 5.67. The fraction of sp³-hybridized carbons (Fsp3) is 0.828. The molecule has 0 radical (unpaired) electrons. The van der Waals surface area contributed by atoms with Crippen LogP contribution in [-0.2, 0) is 14.4 Å². The molecule has 0 atom stereocenters. The van der Waals surface area contributed by atoms with Crippen molar-refractivity contribution in [3.63, 3.8) is 0 Å². The Kier molecular flexibility index (Phi) is 22.3. The van der Waals surface area contributed by atoms with Crippen molar-refractivity contribution in [2.75, 3.05) is 26.2 Å². The summed E-state index contributed by atoms with van der Waals surface area (Å²) in [5, 5.41) is 29.2. The molecule has 0 aliphatic rings. The quantitative estimate of drug-likeness (QED) is 0.0829. The number of hydrogen-bond acceptors (Lipinski definition) is 4. The molecular weight excluding hydrogens is 458 g/mol. The number of carboxylic acid groups (broad SMARTS) is 3. The number of unbranched alkanes of at least 4 members (excludes halogenated alkanes) is 14. The van der Waals surface area contributed by atoms with Crippen LogP contribution >= 0.6 is 0 Å². The summed E-state index contributed by atoms with van der Waals surface area (Å²) in [6, 6.07) is 0. The van der Waals surface area contributed by atoms with Gasteiger partial charge in [0.1, 0.15) is 0 Å². The Bertz CT molecular complexity index is 559. The van der Waals surface area contributed by atoms with E-state index in [1.807, 2.05) is 0 Å². The van der Waals surface area contributed by atoms with Crippen LogP contribution in [0.3, 0.4) is 0 Å². The van der Waals surface area contributed by atoms with Crippen molar-refractivity contribution in [3.05, 3.63) is 12.2 Å². The molecule has 0 unspecified atom stereocenters. The molecule has 0 aromatic heterocycles. The van der Waals surface area contributed by atoms with E-state index >= 15 is 0 Å². The molecule has 0 aliphatic heterocycles. The van der Waals surface area contributed by atoms with E-state index in [1.54, 1.807) is 0 Å². The van der Waals surface area contributed by atoms with Gasteiger partial charge in [-0.25, -0.2) is 0 Å². The second kappa shape index (κ2) is 23.5.